The molecule has 0 amide bonds. The van der Waals surface area contributed by atoms with Crippen LogP contribution in [0.2, 0.25) is 5.02 Å². The monoisotopic (exact) mass is 473 g/mol. The van der Waals surface area contributed by atoms with E-state index in [4.69, 9.17) is 21.3 Å². The van der Waals surface area contributed by atoms with Gasteiger partial charge in [-0.3, -0.25) is 4.90 Å². The first-order valence-electron chi connectivity index (χ1n) is 11.8. The molecule has 6 nitrogen and oxygen atoms in total. The summed E-state index contributed by atoms with van der Waals surface area (Å²) in [5.41, 5.74) is 4.91. The van der Waals surface area contributed by atoms with E-state index < -0.39 is 0 Å². The Hall–Kier alpha value is -3.03. The van der Waals surface area contributed by atoms with E-state index in [0.717, 1.165) is 60.1 Å². The Morgan fingerprint density at radius 2 is 2.00 bits per heavy atom. The van der Waals surface area contributed by atoms with Crippen molar-refractivity contribution in [2.24, 2.45) is 5.92 Å². The highest BCUT2D eigenvalue weighted by Crippen LogP contribution is 2.29. The number of benzene rings is 2. The van der Waals surface area contributed by atoms with E-state index in [1.165, 1.54) is 18.4 Å². The van der Waals surface area contributed by atoms with Crippen molar-refractivity contribution in [1.82, 2.24) is 19.5 Å². The zero-order chi connectivity index (χ0) is 23.5. The van der Waals surface area contributed by atoms with Crippen LogP contribution in [-0.4, -0.2) is 54.1 Å². The molecule has 1 unspecified atom stereocenters. The molecule has 1 aliphatic rings. The zero-order valence-corrected chi connectivity index (χ0v) is 20.4. The third kappa shape index (κ3) is 4.77. The van der Waals surface area contributed by atoms with Gasteiger partial charge in [-0.2, -0.15) is 9.61 Å². The fourth-order valence-corrected chi connectivity index (χ4v) is 5.02. The summed E-state index contributed by atoms with van der Waals surface area (Å²) in [6.45, 7) is 3.95. The number of hydrogen-bond donors (Lipinski definition) is 1. The predicted octanol–water partition coefficient (Wildman–Crippen LogP) is 3.64. The summed E-state index contributed by atoms with van der Waals surface area (Å²) in [4.78, 5) is 7.38. The van der Waals surface area contributed by atoms with Crippen LogP contribution in [0.3, 0.4) is 0 Å². The number of piperidine rings is 1. The van der Waals surface area contributed by atoms with Gasteiger partial charge in [0.25, 0.3) is 0 Å². The molecule has 0 spiro atoms. The quantitative estimate of drug-likeness (QED) is 0.415. The average molecular weight is 474 g/mol. The molecule has 0 saturated carbocycles. The Bertz CT molecular complexity index is 1290. The number of anilines is 1. The number of fused-ring (bicyclic) bond motifs is 1. The fraction of sp³-hybridized carbons (Fsp3) is 0.308. The highest BCUT2D eigenvalue weighted by Gasteiger charge is 2.21. The number of nitrogens with zero attached hydrogens (tertiary/aromatic N) is 4. The minimum Gasteiger partial charge on any atom is -0.496 e. The molecule has 34 heavy (non-hydrogen) atoms. The smallest absolute Gasteiger partial charge is 0.151 e. The Morgan fingerprint density at radius 1 is 1.18 bits per heavy atom. The van der Waals surface area contributed by atoms with Crippen LogP contribution < -0.4 is 15.5 Å². The lowest BCUT2D eigenvalue weighted by Crippen LogP contribution is -2.37. The first-order valence-corrected chi connectivity index (χ1v) is 12.2. The maximum Gasteiger partial charge on any atom is 0.151 e. The molecular formula is C26H29BClN5O. The van der Waals surface area contributed by atoms with Crippen molar-refractivity contribution in [3.05, 3.63) is 71.4 Å². The SMILES string of the molecule is Bc1cnn2c(NCC3CCCN(Cc4ccccc4OC)C3)cc(-c3ccccc3Cl)nc12. The normalized spacial score (nSPS) is 16.6. The van der Waals surface area contributed by atoms with E-state index in [0.29, 0.717) is 10.9 Å². The highest BCUT2D eigenvalue weighted by molar-refractivity contribution is 6.36. The predicted molar refractivity (Wildman–Crippen MR) is 141 cm³/mol. The van der Waals surface area contributed by atoms with Gasteiger partial charge in [0, 0.05) is 48.0 Å². The molecule has 1 N–H and O–H groups in total. The van der Waals surface area contributed by atoms with Crippen LogP contribution in [0.1, 0.15) is 18.4 Å². The first-order chi connectivity index (χ1) is 16.6. The maximum atomic E-state index is 6.48. The number of nitrogens with one attached hydrogen (secondary N) is 1. The lowest BCUT2D eigenvalue weighted by atomic mass is 9.97. The van der Waals surface area contributed by atoms with E-state index in [-0.39, 0.29) is 0 Å². The largest absolute Gasteiger partial charge is 0.496 e. The maximum absolute atomic E-state index is 6.48. The second-order valence-electron chi connectivity index (χ2n) is 9.01. The highest BCUT2D eigenvalue weighted by atomic mass is 35.5. The van der Waals surface area contributed by atoms with E-state index >= 15 is 0 Å². The molecule has 1 atom stereocenters. The third-order valence-corrected chi connectivity index (χ3v) is 6.89. The van der Waals surface area contributed by atoms with Gasteiger partial charge in [-0.1, -0.05) is 48.0 Å². The second-order valence-corrected chi connectivity index (χ2v) is 9.41. The summed E-state index contributed by atoms with van der Waals surface area (Å²) < 4.78 is 7.45. The van der Waals surface area contributed by atoms with Crippen LogP contribution >= 0.6 is 11.6 Å². The van der Waals surface area contributed by atoms with Gasteiger partial charge in [0.15, 0.2) is 5.65 Å². The number of rotatable bonds is 7. The molecule has 2 aromatic heterocycles. The molecular weight excluding hydrogens is 445 g/mol. The van der Waals surface area contributed by atoms with Gasteiger partial charge in [0.1, 0.15) is 19.4 Å². The van der Waals surface area contributed by atoms with E-state index in [2.05, 4.69) is 33.5 Å². The number of methoxy groups -OCH3 is 1. The topological polar surface area (TPSA) is 54.7 Å². The minimum atomic E-state index is 0.548. The molecule has 4 aromatic rings. The summed E-state index contributed by atoms with van der Waals surface area (Å²) in [5.74, 6) is 2.45. The lowest BCUT2D eigenvalue weighted by molar-refractivity contribution is 0.171. The van der Waals surface area contributed by atoms with E-state index in [1.54, 1.807) is 7.11 Å². The van der Waals surface area contributed by atoms with Crippen LogP contribution in [0, 0.1) is 5.92 Å². The lowest BCUT2D eigenvalue weighted by Gasteiger charge is -2.33. The Labute approximate surface area is 206 Å². The summed E-state index contributed by atoms with van der Waals surface area (Å²) in [6, 6.07) is 18.2. The third-order valence-electron chi connectivity index (χ3n) is 6.56. The number of para-hydroxylation sites is 1. The van der Waals surface area contributed by atoms with Crippen LogP contribution in [0.4, 0.5) is 5.82 Å². The summed E-state index contributed by atoms with van der Waals surface area (Å²) >= 11 is 6.48. The number of ether oxygens (including phenoxy) is 1. The molecule has 8 heteroatoms. The molecule has 2 aromatic carbocycles. The Balaban J connectivity index is 1.33. The summed E-state index contributed by atoms with van der Waals surface area (Å²) in [5, 5.41) is 8.93. The van der Waals surface area contributed by atoms with Crippen molar-refractivity contribution >= 4 is 36.4 Å². The van der Waals surface area contributed by atoms with Crippen LogP contribution in [-0.2, 0) is 6.54 Å². The summed E-state index contributed by atoms with van der Waals surface area (Å²) in [7, 11) is 3.78. The van der Waals surface area contributed by atoms with Gasteiger partial charge < -0.3 is 10.1 Å². The molecule has 3 heterocycles. The molecule has 1 saturated heterocycles. The van der Waals surface area contributed by atoms with Gasteiger partial charge in [-0.05, 0) is 42.9 Å². The number of halogens is 1. The van der Waals surface area contributed by atoms with Crippen molar-refractivity contribution in [2.45, 2.75) is 19.4 Å². The van der Waals surface area contributed by atoms with Crippen molar-refractivity contribution in [1.29, 1.82) is 0 Å². The van der Waals surface area contributed by atoms with Crippen LogP contribution in [0.5, 0.6) is 5.75 Å². The molecule has 5 rings (SSSR count). The molecule has 0 aliphatic carbocycles. The molecule has 0 bridgehead atoms. The van der Waals surface area contributed by atoms with E-state index in [1.807, 2.05) is 55.0 Å². The molecule has 174 valence electrons. The second kappa shape index (κ2) is 10.1. The minimum absolute atomic E-state index is 0.548. The molecule has 1 fully saturated rings. The standard InChI is InChI=1S/C26H29BClN5O/c1-34-24-11-5-2-8-19(24)17-32-12-6-7-18(16-32)14-29-25-13-23(20-9-3-4-10-22(20)28)31-26-21(27)15-30-33(25)26/h2-5,8-11,13,15,18,29H,6-7,12,14,16-17,27H2,1H3. The van der Waals surface area contributed by atoms with Gasteiger partial charge in [0.05, 0.1) is 12.8 Å². The van der Waals surface area contributed by atoms with Crippen molar-refractivity contribution in [3.63, 3.8) is 0 Å². The number of hydrogen-bond acceptors (Lipinski definition) is 5. The Kier molecular flexibility index (Phi) is 6.74. The van der Waals surface area contributed by atoms with Crippen molar-refractivity contribution in [2.75, 3.05) is 32.1 Å². The van der Waals surface area contributed by atoms with Crippen molar-refractivity contribution in [3.8, 4) is 17.0 Å². The van der Waals surface area contributed by atoms with Gasteiger partial charge >= 0.3 is 0 Å². The van der Waals surface area contributed by atoms with Crippen molar-refractivity contribution < 1.29 is 4.74 Å². The van der Waals surface area contributed by atoms with E-state index in [9.17, 15) is 0 Å². The van der Waals surface area contributed by atoms with Gasteiger partial charge in [-0.25, -0.2) is 4.98 Å². The van der Waals surface area contributed by atoms with Crippen LogP contribution in [0.15, 0.2) is 60.8 Å². The fourth-order valence-electron chi connectivity index (χ4n) is 4.79. The zero-order valence-electron chi connectivity index (χ0n) is 19.7. The molecule has 1 aliphatic heterocycles. The first kappa shape index (κ1) is 22.8. The van der Waals surface area contributed by atoms with Crippen LogP contribution in [0.25, 0.3) is 16.9 Å². The van der Waals surface area contributed by atoms with Gasteiger partial charge in [0.2, 0.25) is 0 Å². The number of aromatic nitrogens is 3. The number of likely N-dealkylation sites (tertiary alicyclic amines) is 1. The molecule has 0 radical (unpaired) electrons. The van der Waals surface area contributed by atoms with Gasteiger partial charge in [-0.15, -0.1) is 0 Å². The Morgan fingerprint density at radius 3 is 2.85 bits per heavy atom. The average Bonchev–Trinajstić information content (AvgIpc) is 3.24. The summed E-state index contributed by atoms with van der Waals surface area (Å²) in [6.07, 6.45) is 4.26.